The normalized spacial score (nSPS) is 11.2. The van der Waals surface area contributed by atoms with Crippen LogP contribution in [0.5, 0.6) is 5.75 Å². The summed E-state index contributed by atoms with van der Waals surface area (Å²) in [6.07, 6.45) is 0. The number of methoxy groups -OCH3 is 1. The van der Waals surface area contributed by atoms with Gasteiger partial charge in [0.05, 0.1) is 25.0 Å². The van der Waals surface area contributed by atoms with Crippen LogP contribution in [0, 0.1) is 0 Å². The minimum Gasteiger partial charge on any atom is -0.496 e. The van der Waals surface area contributed by atoms with Crippen LogP contribution in [0.2, 0.25) is 0 Å². The number of hydrogen-bond donors (Lipinski definition) is 1. The minimum absolute atomic E-state index is 0.0966. The van der Waals surface area contributed by atoms with Crippen LogP contribution >= 0.6 is 15.9 Å². The molecule has 0 aliphatic heterocycles. The molecule has 0 amide bonds. The number of aromatic nitrogens is 2. The Labute approximate surface area is 127 Å². The second-order valence-corrected chi connectivity index (χ2v) is 5.76. The van der Waals surface area contributed by atoms with Gasteiger partial charge in [0.2, 0.25) is 0 Å². The smallest absolute Gasteiger partial charge is 0.144 e. The molecular formula is C15H19BrN2O2. The maximum atomic E-state index is 9.34. The van der Waals surface area contributed by atoms with Crippen molar-refractivity contribution in [3.05, 3.63) is 34.1 Å². The van der Waals surface area contributed by atoms with Gasteiger partial charge in [-0.05, 0) is 39.5 Å². The van der Waals surface area contributed by atoms with E-state index in [2.05, 4.69) is 46.9 Å². The number of benzene rings is 1. The molecule has 108 valence electrons. The van der Waals surface area contributed by atoms with Gasteiger partial charge >= 0.3 is 0 Å². The molecule has 0 fully saturated rings. The lowest BCUT2D eigenvalue weighted by Crippen LogP contribution is -1.98. The van der Waals surface area contributed by atoms with Crippen molar-refractivity contribution in [2.24, 2.45) is 7.05 Å². The molecule has 0 spiro atoms. The molecule has 0 saturated heterocycles. The van der Waals surface area contributed by atoms with Crippen LogP contribution in [-0.4, -0.2) is 21.8 Å². The fourth-order valence-electron chi connectivity index (χ4n) is 2.14. The number of imidazole rings is 1. The Morgan fingerprint density at radius 1 is 1.40 bits per heavy atom. The molecule has 0 radical (unpaired) electrons. The SMILES string of the molecule is COc1ccc(C(C)C)cc1-c1nc(CO)c(Br)n1C. The molecule has 2 rings (SSSR count). The molecule has 5 heteroatoms. The Balaban J connectivity index is 2.64. The number of aliphatic hydroxyl groups is 1. The number of hydrogen-bond acceptors (Lipinski definition) is 3. The van der Waals surface area contributed by atoms with Crippen molar-refractivity contribution in [2.75, 3.05) is 7.11 Å². The molecule has 1 aromatic heterocycles. The molecule has 0 unspecified atom stereocenters. The summed E-state index contributed by atoms with van der Waals surface area (Å²) in [6, 6.07) is 6.13. The first-order chi connectivity index (χ1) is 9.49. The summed E-state index contributed by atoms with van der Waals surface area (Å²) >= 11 is 3.45. The molecule has 0 saturated carbocycles. The summed E-state index contributed by atoms with van der Waals surface area (Å²) in [7, 11) is 3.56. The lowest BCUT2D eigenvalue weighted by Gasteiger charge is -2.12. The Morgan fingerprint density at radius 3 is 2.60 bits per heavy atom. The molecule has 0 bridgehead atoms. The fourth-order valence-corrected chi connectivity index (χ4v) is 2.52. The number of halogens is 1. The standard InChI is InChI=1S/C15H19BrN2O2/c1-9(2)10-5-6-13(20-4)11(7-10)15-17-12(8-19)14(16)18(15)3/h5-7,9,19H,8H2,1-4H3. The van der Waals surface area contributed by atoms with Crippen LogP contribution in [0.15, 0.2) is 22.8 Å². The molecular weight excluding hydrogens is 320 g/mol. The first-order valence-corrected chi connectivity index (χ1v) is 7.29. The lowest BCUT2D eigenvalue weighted by atomic mass is 10.00. The minimum atomic E-state index is -0.0966. The molecule has 1 N–H and O–H groups in total. The highest BCUT2D eigenvalue weighted by atomic mass is 79.9. The Kier molecular flexibility index (Phi) is 4.50. The Hall–Kier alpha value is -1.33. The van der Waals surface area contributed by atoms with Crippen molar-refractivity contribution in [1.82, 2.24) is 9.55 Å². The van der Waals surface area contributed by atoms with Gasteiger partial charge in [-0.2, -0.15) is 0 Å². The first kappa shape index (κ1) is 15.1. The molecule has 4 nitrogen and oxygen atoms in total. The molecule has 0 aliphatic rings. The second kappa shape index (κ2) is 5.97. The van der Waals surface area contributed by atoms with Gasteiger partial charge in [-0.15, -0.1) is 0 Å². The third kappa shape index (κ3) is 2.60. The van der Waals surface area contributed by atoms with E-state index in [9.17, 15) is 5.11 Å². The van der Waals surface area contributed by atoms with Crippen LogP contribution < -0.4 is 4.74 Å². The largest absolute Gasteiger partial charge is 0.496 e. The highest BCUT2D eigenvalue weighted by Crippen LogP contribution is 2.34. The summed E-state index contributed by atoms with van der Waals surface area (Å²) in [6.45, 7) is 4.21. The van der Waals surface area contributed by atoms with E-state index in [1.807, 2.05) is 17.7 Å². The molecule has 1 aromatic carbocycles. The zero-order valence-electron chi connectivity index (χ0n) is 12.1. The first-order valence-electron chi connectivity index (χ1n) is 6.49. The van der Waals surface area contributed by atoms with E-state index in [0.29, 0.717) is 11.6 Å². The number of nitrogens with zero attached hydrogens (tertiary/aromatic N) is 2. The average Bonchev–Trinajstić information content (AvgIpc) is 2.74. The summed E-state index contributed by atoms with van der Waals surface area (Å²) in [5.74, 6) is 1.99. The topological polar surface area (TPSA) is 47.3 Å². The monoisotopic (exact) mass is 338 g/mol. The fraction of sp³-hybridized carbons (Fsp3) is 0.400. The van der Waals surface area contributed by atoms with Crippen molar-refractivity contribution in [1.29, 1.82) is 0 Å². The molecule has 0 aliphatic carbocycles. The van der Waals surface area contributed by atoms with Crippen LogP contribution in [0.1, 0.15) is 31.0 Å². The van der Waals surface area contributed by atoms with Crippen LogP contribution in [-0.2, 0) is 13.7 Å². The van der Waals surface area contributed by atoms with Crippen molar-refractivity contribution in [2.45, 2.75) is 26.4 Å². The van der Waals surface area contributed by atoms with E-state index >= 15 is 0 Å². The lowest BCUT2D eigenvalue weighted by molar-refractivity contribution is 0.276. The zero-order chi connectivity index (χ0) is 14.9. The third-order valence-electron chi connectivity index (χ3n) is 3.37. The van der Waals surface area contributed by atoms with Gasteiger partial charge in [0.25, 0.3) is 0 Å². The van der Waals surface area contributed by atoms with Gasteiger partial charge in [-0.1, -0.05) is 19.9 Å². The second-order valence-electron chi connectivity index (χ2n) is 5.00. The Bertz CT molecular complexity index is 621. The van der Waals surface area contributed by atoms with Crippen LogP contribution in [0.3, 0.4) is 0 Å². The predicted molar refractivity (Wildman–Crippen MR) is 82.9 cm³/mol. The molecule has 1 heterocycles. The van der Waals surface area contributed by atoms with Crippen molar-refractivity contribution in [3.8, 4) is 17.1 Å². The van der Waals surface area contributed by atoms with E-state index in [1.165, 1.54) is 5.56 Å². The van der Waals surface area contributed by atoms with Crippen LogP contribution in [0.25, 0.3) is 11.4 Å². The van der Waals surface area contributed by atoms with Gasteiger partial charge in [-0.3, -0.25) is 0 Å². The van der Waals surface area contributed by atoms with Crippen molar-refractivity contribution in [3.63, 3.8) is 0 Å². The maximum Gasteiger partial charge on any atom is 0.144 e. The number of ether oxygens (including phenoxy) is 1. The molecule has 0 atom stereocenters. The third-order valence-corrected chi connectivity index (χ3v) is 4.36. The van der Waals surface area contributed by atoms with Crippen molar-refractivity contribution < 1.29 is 9.84 Å². The molecule has 2 aromatic rings. The number of rotatable bonds is 4. The van der Waals surface area contributed by atoms with E-state index in [0.717, 1.165) is 21.7 Å². The van der Waals surface area contributed by atoms with E-state index in [1.54, 1.807) is 7.11 Å². The van der Waals surface area contributed by atoms with Gasteiger partial charge in [-0.25, -0.2) is 4.98 Å². The highest BCUT2D eigenvalue weighted by Gasteiger charge is 2.17. The average molecular weight is 339 g/mol. The molecule has 20 heavy (non-hydrogen) atoms. The van der Waals surface area contributed by atoms with E-state index < -0.39 is 0 Å². The quantitative estimate of drug-likeness (QED) is 0.928. The van der Waals surface area contributed by atoms with Crippen LogP contribution in [0.4, 0.5) is 0 Å². The Morgan fingerprint density at radius 2 is 2.10 bits per heavy atom. The van der Waals surface area contributed by atoms with E-state index in [-0.39, 0.29) is 6.61 Å². The summed E-state index contributed by atoms with van der Waals surface area (Å²) < 4.78 is 8.14. The number of aliphatic hydroxyl groups excluding tert-OH is 1. The maximum absolute atomic E-state index is 9.34. The highest BCUT2D eigenvalue weighted by molar-refractivity contribution is 9.10. The van der Waals surface area contributed by atoms with Gasteiger partial charge in [0.1, 0.15) is 16.2 Å². The summed E-state index contributed by atoms with van der Waals surface area (Å²) in [4.78, 5) is 4.49. The predicted octanol–water partition coefficient (Wildman–Crippen LogP) is 3.47. The van der Waals surface area contributed by atoms with E-state index in [4.69, 9.17) is 4.74 Å². The van der Waals surface area contributed by atoms with Gasteiger partial charge < -0.3 is 14.4 Å². The van der Waals surface area contributed by atoms with Crippen molar-refractivity contribution >= 4 is 15.9 Å². The zero-order valence-corrected chi connectivity index (χ0v) is 13.7. The summed E-state index contributed by atoms with van der Waals surface area (Å²) in [5.41, 5.74) is 2.78. The van der Waals surface area contributed by atoms with Gasteiger partial charge in [0, 0.05) is 7.05 Å². The van der Waals surface area contributed by atoms with Gasteiger partial charge in [0.15, 0.2) is 0 Å². The summed E-state index contributed by atoms with van der Waals surface area (Å²) in [5, 5.41) is 9.34.